The third kappa shape index (κ3) is 4.40. The predicted molar refractivity (Wildman–Crippen MR) is 103 cm³/mol. The summed E-state index contributed by atoms with van der Waals surface area (Å²) >= 11 is 5.36. The van der Waals surface area contributed by atoms with Crippen LogP contribution in [-0.4, -0.2) is 36.4 Å². The predicted octanol–water partition coefficient (Wildman–Crippen LogP) is 2.34. The van der Waals surface area contributed by atoms with E-state index in [1.165, 1.54) is 24.3 Å². The van der Waals surface area contributed by atoms with E-state index in [9.17, 15) is 14.9 Å². The highest BCUT2D eigenvalue weighted by Crippen LogP contribution is 2.17. The van der Waals surface area contributed by atoms with Gasteiger partial charge >= 0.3 is 0 Å². The minimum absolute atomic E-state index is 0.0677. The zero-order valence-electron chi connectivity index (χ0n) is 14.8. The minimum atomic E-state index is -0.775. The summed E-state index contributed by atoms with van der Waals surface area (Å²) in [6, 6.07) is 8.49. The highest BCUT2D eigenvalue weighted by Gasteiger charge is 2.28. The van der Waals surface area contributed by atoms with Gasteiger partial charge in [-0.15, -0.1) is 0 Å². The number of hydrogen-bond acceptors (Lipinski definition) is 6. The van der Waals surface area contributed by atoms with E-state index in [1.807, 2.05) is 38.1 Å². The Hall–Kier alpha value is -2.87. The van der Waals surface area contributed by atoms with Crippen molar-refractivity contribution in [3.8, 4) is 0 Å². The second-order valence-corrected chi connectivity index (χ2v) is 6.20. The molecule has 2 rings (SSSR count). The normalized spacial score (nSPS) is 12.5. The molecule has 8 heteroatoms. The fourth-order valence-electron chi connectivity index (χ4n) is 2.42. The Balaban J connectivity index is 2.42. The summed E-state index contributed by atoms with van der Waals surface area (Å²) in [4.78, 5) is 29.5. The van der Waals surface area contributed by atoms with Gasteiger partial charge in [-0.3, -0.25) is 14.9 Å². The number of carbonyl (C=O) groups excluding carboxylic acids is 1. The largest absolute Gasteiger partial charge is 0.758 e. The number of anilines is 1. The van der Waals surface area contributed by atoms with Crippen molar-refractivity contribution >= 4 is 34.8 Å². The van der Waals surface area contributed by atoms with Crippen molar-refractivity contribution in [2.45, 2.75) is 13.0 Å². The second kappa shape index (κ2) is 8.48. The van der Waals surface area contributed by atoms with Crippen molar-refractivity contribution in [1.29, 1.82) is 0 Å². The van der Waals surface area contributed by atoms with E-state index in [-0.39, 0.29) is 16.5 Å². The molecule has 0 spiro atoms. The van der Waals surface area contributed by atoms with Crippen molar-refractivity contribution < 1.29 is 14.3 Å². The monoisotopic (exact) mass is 372 g/mol. The van der Waals surface area contributed by atoms with Crippen molar-refractivity contribution in [3.05, 3.63) is 64.5 Å². The maximum absolute atomic E-state index is 13.0. The molecule has 136 valence electrons. The summed E-state index contributed by atoms with van der Waals surface area (Å²) in [5.41, 5.74) is 1.27. The number of benzene rings is 1. The Bertz CT molecular complexity index is 817. The molecule has 0 saturated heterocycles. The zero-order chi connectivity index (χ0) is 19.3. The molecule has 0 aliphatic heterocycles. The van der Waals surface area contributed by atoms with Crippen LogP contribution in [0.15, 0.2) is 53.8 Å². The fraction of sp³-hybridized carbons (Fsp3) is 0.278. The highest BCUT2D eigenvalue weighted by molar-refractivity contribution is 7.77. The molecule has 0 saturated carbocycles. The van der Waals surface area contributed by atoms with Gasteiger partial charge in [-0.2, -0.15) is 4.57 Å². The van der Waals surface area contributed by atoms with Crippen LogP contribution in [0.2, 0.25) is 0 Å². The van der Waals surface area contributed by atoms with Gasteiger partial charge in [0.1, 0.15) is 0 Å². The molecule has 0 fully saturated rings. The van der Waals surface area contributed by atoms with Crippen molar-refractivity contribution in [2.24, 2.45) is 4.99 Å². The summed E-state index contributed by atoms with van der Waals surface area (Å²) in [5, 5.41) is 11.1. The summed E-state index contributed by atoms with van der Waals surface area (Å²) in [5.74, 6) is -0.260. The van der Waals surface area contributed by atoms with E-state index in [4.69, 9.17) is 12.6 Å². The highest BCUT2D eigenvalue weighted by atomic mass is 32.1. The van der Waals surface area contributed by atoms with E-state index in [1.54, 1.807) is 17.0 Å². The van der Waals surface area contributed by atoms with Crippen LogP contribution in [-0.2, 0) is 12.6 Å². The standard InChI is InChI=1S/C18H20N4O3S/c1-4-19-18(26)16(21-11-9-14(10-12-21)20(2)3)17(23)13-5-7-15(8-6-13)22(24)25/h5-12,16H,4H2,1-3H3. The van der Waals surface area contributed by atoms with E-state index in [2.05, 4.69) is 4.99 Å². The third-order valence-electron chi connectivity index (χ3n) is 3.81. The lowest BCUT2D eigenvalue weighted by Crippen LogP contribution is -2.47. The number of ketones is 1. The van der Waals surface area contributed by atoms with Crippen LogP contribution < -0.4 is 9.47 Å². The second-order valence-electron chi connectivity index (χ2n) is 5.78. The van der Waals surface area contributed by atoms with Gasteiger partial charge in [0.2, 0.25) is 11.8 Å². The maximum Gasteiger partial charge on any atom is 0.269 e. The summed E-state index contributed by atoms with van der Waals surface area (Å²) < 4.78 is 1.71. The molecule has 0 bridgehead atoms. The van der Waals surface area contributed by atoms with Gasteiger partial charge in [-0.25, -0.2) is 0 Å². The number of nitro benzene ring substituents is 1. The number of nitrogens with zero attached hydrogens (tertiary/aromatic N) is 4. The molecule has 7 nitrogen and oxygen atoms in total. The van der Waals surface area contributed by atoms with E-state index in [0.29, 0.717) is 12.1 Å². The summed E-state index contributed by atoms with van der Waals surface area (Å²) in [6.07, 6.45) is 3.56. The average Bonchev–Trinajstić information content (AvgIpc) is 2.62. The lowest BCUT2D eigenvalue weighted by atomic mass is 10.0. The number of aliphatic imine (C=N–C) groups is 1. The molecule has 1 aromatic carbocycles. The topological polar surface area (TPSA) is 79.7 Å². The maximum atomic E-state index is 13.0. The first-order valence-corrected chi connectivity index (χ1v) is 8.44. The summed E-state index contributed by atoms with van der Waals surface area (Å²) in [6.45, 7) is 2.32. The zero-order valence-corrected chi connectivity index (χ0v) is 15.6. The van der Waals surface area contributed by atoms with Crippen LogP contribution in [0.3, 0.4) is 0 Å². The molecule has 26 heavy (non-hydrogen) atoms. The Morgan fingerprint density at radius 2 is 1.81 bits per heavy atom. The molecule has 0 amide bonds. The molecule has 0 N–H and O–H groups in total. The first-order valence-electron chi connectivity index (χ1n) is 8.03. The lowest BCUT2D eigenvalue weighted by molar-refractivity contribution is -0.691. The number of nitro groups is 1. The van der Waals surface area contributed by atoms with Gasteiger partial charge in [0.25, 0.3) is 5.69 Å². The van der Waals surface area contributed by atoms with E-state index < -0.39 is 11.0 Å². The Morgan fingerprint density at radius 3 is 2.27 bits per heavy atom. The van der Waals surface area contributed by atoms with Gasteiger partial charge in [-0.1, -0.05) is 0 Å². The molecular weight excluding hydrogens is 352 g/mol. The molecule has 0 radical (unpaired) electrons. The number of non-ortho nitro benzene ring substituents is 1. The summed E-state index contributed by atoms with van der Waals surface area (Å²) in [7, 11) is 3.85. The van der Waals surface area contributed by atoms with Crippen LogP contribution in [0, 0.1) is 10.1 Å². The third-order valence-corrected chi connectivity index (χ3v) is 4.16. The van der Waals surface area contributed by atoms with Gasteiger partial charge in [0, 0.05) is 56.2 Å². The van der Waals surface area contributed by atoms with Gasteiger partial charge < -0.3 is 22.5 Å². The number of carbonyl (C=O) groups is 1. The Kier molecular flexibility index (Phi) is 6.35. The first kappa shape index (κ1) is 19.5. The number of pyridine rings is 1. The quantitative estimate of drug-likeness (QED) is 0.142. The van der Waals surface area contributed by atoms with Crippen LogP contribution in [0.25, 0.3) is 0 Å². The Labute approximate surface area is 157 Å². The van der Waals surface area contributed by atoms with Crippen LogP contribution in [0.5, 0.6) is 0 Å². The minimum Gasteiger partial charge on any atom is -0.758 e. The van der Waals surface area contributed by atoms with E-state index in [0.717, 1.165) is 5.69 Å². The SMILES string of the molecule is CCN=C([S-])C(C(=O)c1ccc([N+](=O)[O-])cc1)[n+]1ccc(N(C)C)cc1. The average molecular weight is 372 g/mol. The van der Waals surface area contributed by atoms with Gasteiger partial charge in [-0.05, 0) is 24.1 Å². The lowest BCUT2D eigenvalue weighted by Gasteiger charge is -2.19. The molecule has 0 aliphatic carbocycles. The van der Waals surface area contributed by atoms with E-state index >= 15 is 0 Å². The van der Waals surface area contributed by atoms with Crippen molar-refractivity contribution in [1.82, 2.24) is 0 Å². The molecular formula is C18H20N4O3S. The van der Waals surface area contributed by atoms with Gasteiger partial charge in [0.15, 0.2) is 12.4 Å². The Morgan fingerprint density at radius 1 is 1.23 bits per heavy atom. The van der Waals surface area contributed by atoms with Gasteiger partial charge in [0.05, 0.1) is 4.92 Å². The molecule has 0 aliphatic rings. The van der Waals surface area contributed by atoms with Crippen LogP contribution in [0.1, 0.15) is 23.3 Å². The fourth-order valence-corrected chi connectivity index (χ4v) is 2.78. The molecule has 1 heterocycles. The van der Waals surface area contributed by atoms with Crippen LogP contribution in [0.4, 0.5) is 11.4 Å². The van der Waals surface area contributed by atoms with Crippen molar-refractivity contribution in [3.63, 3.8) is 0 Å². The molecule has 1 atom stereocenters. The number of rotatable bonds is 7. The first-order chi connectivity index (χ1) is 12.3. The van der Waals surface area contributed by atoms with Crippen molar-refractivity contribution in [2.75, 3.05) is 25.5 Å². The molecule has 1 unspecified atom stereocenters. The molecule has 1 aromatic heterocycles. The number of hydrogen-bond donors (Lipinski definition) is 0. The molecule has 2 aromatic rings. The van der Waals surface area contributed by atoms with Crippen LogP contribution >= 0.6 is 0 Å². The smallest absolute Gasteiger partial charge is 0.269 e. The number of aromatic nitrogens is 1. The number of Topliss-reactive ketones (excluding diaryl/α,β-unsaturated/α-hetero) is 1.